The van der Waals surface area contributed by atoms with Crippen LogP contribution in [0.25, 0.3) is 0 Å². The van der Waals surface area contributed by atoms with Gasteiger partial charge in [-0.2, -0.15) is 0 Å². The summed E-state index contributed by atoms with van der Waals surface area (Å²) in [7, 11) is 2.01. The Labute approximate surface area is 115 Å². The van der Waals surface area contributed by atoms with E-state index in [0.29, 0.717) is 5.02 Å². The van der Waals surface area contributed by atoms with E-state index >= 15 is 0 Å². The third-order valence-corrected chi connectivity index (χ3v) is 2.90. The third kappa shape index (κ3) is 4.67. The van der Waals surface area contributed by atoms with E-state index in [0.717, 1.165) is 43.0 Å². The van der Waals surface area contributed by atoms with Crippen molar-refractivity contribution in [2.24, 2.45) is 0 Å². The Morgan fingerprint density at radius 3 is 2.89 bits per heavy atom. The van der Waals surface area contributed by atoms with Crippen LogP contribution in [-0.4, -0.2) is 25.1 Å². The second-order valence-electron chi connectivity index (χ2n) is 4.62. The summed E-state index contributed by atoms with van der Waals surface area (Å²) in [4.78, 5) is 6.42. The Morgan fingerprint density at radius 1 is 1.56 bits per heavy atom. The van der Waals surface area contributed by atoms with Crippen molar-refractivity contribution in [2.75, 3.05) is 25.0 Å². The first kappa shape index (κ1) is 15.0. The van der Waals surface area contributed by atoms with Crippen molar-refractivity contribution in [3.8, 4) is 0 Å². The maximum absolute atomic E-state index is 6.15. The molecule has 100 valence electrons. The molecule has 0 aromatic carbocycles. The van der Waals surface area contributed by atoms with E-state index in [4.69, 9.17) is 11.6 Å². The molecule has 1 rings (SSSR count). The van der Waals surface area contributed by atoms with Gasteiger partial charge in [0.05, 0.1) is 5.02 Å². The van der Waals surface area contributed by atoms with Gasteiger partial charge in [-0.1, -0.05) is 30.7 Å². The average Bonchev–Trinajstić information content (AvgIpc) is 2.30. The first-order valence-corrected chi connectivity index (χ1v) is 6.63. The van der Waals surface area contributed by atoms with Crippen LogP contribution >= 0.6 is 11.6 Å². The minimum Gasteiger partial charge on any atom is -0.356 e. The molecule has 0 unspecified atom stereocenters. The average molecular weight is 268 g/mol. The van der Waals surface area contributed by atoms with Crippen LogP contribution in [0.3, 0.4) is 0 Å². The Bertz CT molecular complexity index is 404. The molecule has 0 spiro atoms. The first-order valence-electron chi connectivity index (χ1n) is 6.25. The van der Waals surface area contributed by atoms with E-state index in [1.54, 1.807) is 6.20 Å². The number of rotatable bonds is 7. The van der Waals surface area contributed by atoms with Crippen molar-refractivity contribution in [2.45, 2.75) is 26.8 Å². The summed E-state index contributed by atoms with van der Waals surface area (Å²) in [6.07, 6.45) is 2.83. The van der Waals surface area contributed by atoms with Gasteiger partial charge in [-0.25, -0.2) is 4.98 Å². The van der Waals surface area contributed by atoms with Crippen molar-refractivity contribution in [1.82, 2.24) is 10.3 Å². The number of anilines is 1. The zero-order valence-corrected chi connectivity index (χ0v) is 12.2. The predicted molar refractivity (Wildman–Crippen MR) is 79.3 cm³/mol. The fourth-order valence-electron chi connectivity index (χ4n) is 1.70. The van der Waals surface area contributed by atoms with E-state index in [9.17, 15) is 0 Å². The normalized spacial score (nSPS) is 10.4. The molecule has 0 amide bonds. The molecule has 3 nitrogen and oxygen atoms in total. The predicted octanol–water partition coefficient (Wildman–Crippen LogP) is 3.25. The molecule has 0 aliphatic heterocycles. The molecule has 4 heteroatoms. The lowest BCUT2D eigenvalue weighted by Crippen LogP contribution is -2.21. The summed E-state index contributed by atoms with van der Waals surface area (Å²) in [6, 6.07) is 2.04. The molecule has 1 aromatic rings. The van der Waals surface area contributed by atoms with E-state index in [1.165, 1.54) is 0 Å². The van der Waals surface area contributed by atoms with Gasteiger partial charge in [0.1, 0.15) is 5.82 Å². The maximum Gasteiger partial charge on any atom is 0.128 e. The molecule has 0 fully saturated rings. The van der Waals surface area contributed by atoms with Gasteiger partial charge in [0, 0.05) is 26.3 Å². The minimum atomic E-state index is 0.714. The van der Waals surface area contributed by atoms with E-state index in [1.807, 2.05) is 20.0 Å². The number of hydrogen-bond donors (Lipinski definition) is 1. The molecule has 0 saturated heterocycles. The highest BCUT2D eigenvalue weighted by molar-refractivity contribution is 6.31. The molecule has 0 bridgehead atoms. The van der Waals surface area contributed by atoms with Crippen molar-refractivity contribution < 1.29 is 0 Å². The third-order valence-electron chi connectivity index (χ3n) is 2.56. The second kappa shape index (κ2) is 7.39. The van der Waals surface area contributed by atoms with Crippen molar-refractivity contribution in [3.05, 3.63) is 35.0 Å². The summed E-state index contributed by atoms with van der Waals surface area (Å²) >= 11 is 6.15. The summed E-state index contributed by atoms with van der Waals surface area (Å²) in [5, 5.41) is 4.06. The fraction of sp³-hybridized carbons (Fsp3) is 0.500. The van der Waals surface area contributed by atoms with Crippen LogP contribution in [0.2, 0.25) is 5.02 Å². The number of halogens is 1. The summed E-state index contributed by atoms with van der Waals surface area (Å²) in [5.74, 6) is 0.927. The van der Waals surface area contributed by atoms with Gasteiger partial charge in [-0.15, -0.1) is 0 Å². The van der Waals surface area contributed by atoms with Gasteiger partial charge in [-0.3, -0.25) is 0 Å². The zero-order valence-electron chi connectivity index (χ0n) is 11.5. The Hall–Kier alpha value is -1.06. The fourth-order valence-corrected chi connectivity index (χ4v) is 1.87. The first-order chi connectivity index (χ1) is 8.54. The highest BCUT2D eigenvalue weighted by atomic mass is 35.5. The van der Waals surface area contributed by atoms with E-state index < -0.39 is 0 Å². The molecule has 0 atom stereocenters. The van der Waals surface area contributed by atoms with Crippen LogP contribution in [0.15, 0.2) is 24.4 Å². The number of aromatic nitrogens is 1. The standard InChI is InChI=1S/C14H22ClN3/c1-5-6-16-8-12-7-14(17-9-13(12)15)18(4)10-11(2)3/h7,9,16H,2,5-6,8,10H2,1,3-4H3. The molecule has 0 radical (unpaired) electrons. The highest BCUT2D eigenvalue weighted by Gasteiger charge is 2.07. The Morgan fingerprint density at radius 2 is 2.28 bits per heavy atom. The molecule has 0 aliphatic carbocycles. The van der Waals surface area contributed by atoms with Crippen LogP contribution in [0, 0.1) is 0 Å². The molecule has 18 heavy (non-hydrogen) atoms. The number of hydrogen-bond acceptors (Lipinski definition) is 3. The molecule has 1 aromatic heterocycles. The molecular formula is C14H22ClN3. The van der Waals surface area contributed by atoms with Crippen LogP contribution < -0.4 is 10.2 Å². The SMILES string of the molecule is C=C(C)CN(C)c1cc(CNCCC)c(Cl)cn1. The lowest BCUT2D eigenvalue weighted by Gasteiger charge is -2.19. The van der Waals surface area contributed by atoms with Crippen LogP contribution in [0.5, 0.6) is 0 Å². The lowest BCUT2D eigenvalue weighted by atomic mass is 10.2. The smallest absolute Gasteiger partial charge is 0.128 e. The largest absolute Gasteiger partial charge is 0.356 e. The molecule has 1 N–H and O–H groups in total. The lowest BCUT2D eigenvalue weighted by molar-refractivity contribution is 0.675. The Balaban J connectivity index is 2.76. The number of pyridine rings is 1. The van der Waals surface area contributed by atoms with Crippen molar-refractivity contribution >= 4 is 17.4 Å². The van der Waals surface area contributed by atoms with Gasteiger partial charge in [0.25, 0.3) is 0 Å². The van der Waals surface area contributed by atoms with E-state index in [-0.39, 0.29) is 0 Å². The minimum absolute atomic E-state index is 0.714. The maximum atomic E-state index is 6.15. The molecule has 0 aliphatic rings. The molecule has 0 saturated carbocycles. The molecular weight excluding hydrogens is 246 g/mol. The van der Waals surface area contributed by atoms with Crippen molar-refractivity contribution in [1.29, 1.82) is 0 Å². The Kier molecular flexibility index (Phi) is 6.16. The van der Waals surface area contributed by atoms with Crippen LogP contribution in [-0.2, 0) is 6.54 Å². The zero-order chi connectivity index (χ0) is 13.5. The van der Waals surface area contributed by atoms with Crippen LogP contribution in [0.4, 0.5) is 5.82 Å². The quantitative estimate of drug-likeness (QED) is 0.607. The second-order valence-corrected chi connectivity index (χ2v) is 5.03. The van der Waals surface area contributed by atoms with Gasteiger partial charge >= 0.3 is 0 Å². The van der Waals surface area contributed by atoms with E-state index in [2.05, 4.69) is 28.7 Å². The van der Waals surface area contributed by atoms with Gasteiger partial charge in [-0.05, 0) is 31.5 Å². The topological polar surface area (TPSA) is 28.2 Å². The van der Waals surface area contributed by atoms with Crippen molar-refractivity contribution in [3.63, 3.8) is 0 Å². The number of likely N-dealkylation sites (N-methyl/N-ethyl adjacent to an activating group) is 1. The van der Waals surface area contributed by atoms with Crippen LogP contribution in [0.1, 0.15) is 25.8 Å². The summed E-state index contributed by atoms with van der Waals surface area (Å²) in [6.45, 7) is 10.6. The van der Waals surface area contributed by atoms with Gasteiger partial charge in [0.2, 0.25) is 0 Å². The number of nitrogens with one attached hydrogen (secondary N) is 1. The summed E-state index contributed by atoms with van der Waals surface area (Å²) in [5.41, 5.74) is 2.20. The monoisotopic (exact) mass is 267 g/mol. The molecule has 1 heterocycles. The van der Waals surface area contributed by atoms with Gasteiger partial charge < -0.3 is 10.2 Å². The highest BCUT2D eigenvalue weighted by Crippen LogP contribution is 2.20. The number of nitrogens with zero attached hydrogens (tertiary/aromatic N) is 2. The van der Waals surface area contributed by atoms with Gasteiger partial charge in [0.15, 0.2) is 0 Å². The summed E-state index contributed by atoms with van der Waals surface area (Å²) < 4.78 is 0.